The number of methoxy groups -OCH3 is 1. The molecule has 0 atom stereocenters. The topological polar surface area (TPSA) is 72.5 Å². The Labute approximate surface area is 132 Å². The number of aryl methyl sites for hydroxylation is 1. The number of esters is 1. The third-order valence-electron chi connectivity index (χ3n) is 2.76. The van der Waals surface area contributed by atoms with Gasteiger partial charge in [0, 0.05) is 17.2 Å². The predicted octanol–water partition coefficient (Wildman–Crippen LogP) is 4.11. The van der Waals surface area contributed by atoms with Crippen molar-refractivity contribution in [2.45, 2.75) is 6.92 Å². The number of nitriles is 1. The highest BCUT2D eigenvalue weighted by Gasteiger charge is 2.11. The fraction of sp³-hybridized carbons (Fsp3) is 0.125. The number of hydrogen-bond donors (Lipinski definition) is 0. The van der Waals surface area contributed by atoms with Gasteiger partial charge in [-0.25, -0.2) is 4.79 Å². The number of nitrogens with zero attached hydrogens (tertiary/aromatic N) is 1. The molecule has 0 amide bonds. The fourth-order valence-corrected chi connectivity index (χ4v) is 1.92. The first-order chi connectivity index (χ1) is 10.5. The van der Waals surface area contributed by atoms with Gasteiger partial charge in [-0.2, -0.15) is 5.26 Å². The molecule has 5 nitrogen and oxygen atoms in total. The summed E-state index contributed by atoms with van der Waals surface area (Å²) in [7, 11) is 1.20. The minimum atomic E-state index is -0.727. The molecule has 0 fully saturated rings. The second-order valence-corrected chi connectivity index (χ2v) is 4.77. The van der Waals surface area contributed by atoms with Gasteiger partial charge in [-0.05, 0) is 36.8 Å². The Bertz CT molecular complexity index is 771. The Morgan fingerprint density at radius 3 is 2.77 bits per heavy atom. The minimum absolute atomic E-state index is 0.161. The van der Waals surface area contributed by atoms with Gasteiger partial charge in [-0.15, -0.1) is 0 Å². The first kappa shape index (κ1) is 15.7. The largest absolute Gasteiger partial charge is 0.465 e. The number of hydrogen-bond acceptors (Lipinski definition) is 5. The van der Waals surface area contributed by atoms with Crippen LogP contribution in [0.15, 0.2) is 40.3 Å². The van der Waals surface area contributed by atoms with Gasteiger partial charge >= 0.3 is 5.97 Å². The molecule has 0 unspecified atom stereocenters. The van der Waals surface area contributed by atoms with Gasteiger partial charge in [0.2, 0.25) is 0 Å². The summed E-state index contributed by atoms with van der Waals surface area (Å²) >= 11 is 5.88. The second kappa shape index (κ2) is 6.83. The van der Waals surface area contributed by atoms with Gasteiger partial charge in [-0.1, -0.05) is 11.6 Å². The lowest BCUT2D eigenvalue weighted by molar-refractivity contribution is -0.135. The van der Waals surface area contributed by atoms with Crippen molar-refractivity contribution in [1.29, 1.82) is 5.26 Å². The number of benzene rings is 1. The van der Waals surface area contributed by atoms with Crippen molar-refractivity contribution in [2.24, 2.45) is 0 Å². The van der Waals surface area contributed by atoms with Crippen LogP contribution in [0, 0.1) is 18.3 Å². The summed E-state index contributed by atoms with van der Waals surface area (Å²) in [6, 6.07) is 10.1. The Morgan fingerprint density at radius 2 is 2.14 bits per heavy atom. The van der Waals surface area contributed by atoms with E-state index < -0.39 is 5.97 Å². The molecule has 0 radical (unpaired) electrons. The summed E-state index contributed by atoms with van der Waals surface area (Å²) in [4.78, 5) is 11.3. The molecule has 0 bridgehead atoms. The lowest BCUT2D eigenvalue weighted by Crippen LogP contribution is -2.02. The molecule has 0 saturated heterocycles. The average molecular weight is 318 g/mol. The predicted molar refractivity (Wildman–Crippen MR) is 80.6 cm³/mol. The van der Waals surface area contributed by atoms with Gasteiger partial charge < -0.3 is 13.9 Å². The summed E-state index contributed by atoms with van der Waals surface area (Å²) in [5.74, 6) is 0.417. The van der Waals surface area contributed by atoms with Crippen LogP contribution < -0.4 is 4.74 Å². The molecular weight excluding hydrogens is 306 g/mol. The minimum Gasteiger partial charge on any atom is -0.465 e. The summed E-state index contributed by atoms with van der Waals surface area (Å²) < 4.78 is 15.5. The van der Waals surface area contributed by atoms with Crippen molar-refractivity contribution in [2.75, 3.05) is 7.11 Å². The average Bonchev–Trinajstić information content (AvgIpc) is 2.94. The molecule has 0 N–H and O–H groups in total. The van der Waals surface area contributed by atoms with Crippen LogP contribution >= 0.6 is 11.6 Å². The Kier molecular flexibility index (Phi) is 4.87. The van der Waals surface area contributed by atoms with Gasteiger partial charge in [0.15, 0.2) is 0 Å². The molecule has 1 heterocycles. The molecule has 22 heavy (non-hydrogen) atoms. The number of halogens is 1. The van der Waals surface area contributed by atoms with E-state index in [9.17, 15) is 4.79 Å². The number of carbonyl (C=O) groups is 1. The molecule has 1 aromatic heterocycles. The molecule has 112 valence electrons. The number of carbonyl (C=O) groups excluding carboxylic acids is 1. The van der Waals surface area contributed by atoms with E-state index in [2.05, 4.69) is 4.74 Å². The van der Waals surface area contributed by atoms with E-state index in [1.165, 1.54) is 13.2 Å². The molecule has 0 aliphatic heterocycles. The highest BCUT2D eigenvalue weighted by molar-refractivity contribution is 6.30. The van der Waals surface area contributed by atoms with Gasteiger partial charge in [0.05, 0.1) is 7.11 Å². The third-order valence-corrected chi connectivity index (χ3v) is 3.00. The maximum atomic E-state index is 11.3. The lowest BCUT2D eigenvalue weighted by Gasteiger charge is -2.05. The van der Waals surface area contributed by atoms with E-state index in [1.807, 2.05) is 6.92 Å². The van der Waals surface area contributed by atoms with E-state index in [1.54, 1.807) is 36.4 Å². The van der Waals surface area contributed by atoms with E-state index >= 15 is 0 Å². The normalized spacial score (nSPS) is 10.9. The molecule has 0 spiro atoms. The monoisotopic (exact) mass is 317 g/mol. The van der Waals surface area contributed by atoms with E-state index in [0.29, 0.717) is 16.5 Å². The quantitative estimate of drug-likeness (QED) is 0.482. The lowest BCUT2D eigenvalue weighted by atomic mass is 10.2. The van der Waals surface area contributed by atoms with Gasteiger partial charge in [-0.3, -0.25) is 0 Å². The summed E-state index contributed by atoms with van der Waals surface area (Å²) in [5, 5.41) is 9.50. The van der Waals surface area contributed by atoms with Crippen LogP contribution in [-0.4, -0.2) is 13.1 Å². The summed E-state index contributed by atoms with van der Waals surface area (Å²) in [5.41, 5.74) is 0.694. The second-order valence-electron chi connectivity index (χ2n) is 4.33. The van der Waals surface area contributed by atoms with Crippen molar-refractivity contribution in [3.8, 4) is 17.8 Å². The molecule has 1 aromatic carbocycles. The zero-order valence-electron chi connectivity index (χ0n) is 11.9. The number of furan rings is 1. The van der Waals surface area contributed by atoms with Crippen LogP contribution in [0.2, 0.25) is 5.02 Å². The van der Waals surface area contributed by atoms with Crippen LogP contribution in [0.1, 0.15) is 11.3 Å². The summed E-state index contributed by atoms with van der Waals surface area (Å²) in [6.45, 7) is 1.86. The number of rotatable bonds is 4. The zero-order chi connectivity index (χ0) is 16.1. The van der Waals surface area contributed by atoms with Crippen molar-refractivity contribution < 1.29 is 18.7 Å². The molecule has 0 aliphatic rings. The van der Waals surface area contributed by atoms with E-state index in [4.69, 9.17) is 26.0 Å². The molecule has 0 saturated carbocycles. The number of ether oxygens (including phenoxy) is 2. The zero-order valence-corrected chi connectivity index (χ0v) is 12.7. The van der Waals surface area contributed by atoms with Crippen LogP contribution in [-0.2, 0) is 9.53 Å². The first-order valence-electron chi connectivity index (χ1n) is 6.27. The van der Waals surface area contributed by atoms with Crippen molar-refractivity contribution in [3.05, 3.63) is 52.3 Å². The Hall–Kier alpha value is -2.71. The maximum absolute atomic E-state index is 11.3. The smallest absolute Gasteiger partial charge is 0.348 e. The molecule has 2 rings (SSSR count). The molecular formula is C16H12ClNO4. The van der Waals surface area contributed by atoms with E-state index in [-0.39, 0.29) is 11.5 Å². The molecule has 2 aromatic rings. The van der Waals surface area contributed by atoms with Crippen LogP contribution in [0.4, 0.5) is 0 Å². The van der Waals surface area contributed by atoms with Crippen LogP contribution in [0.3, 0.4) is 0 Å². The SMILES string of the molecule is COC(=O)/C(C#N)=C/c1ccc(Oc2ccc(Cl)cc2C)o1. The first-order valence-corrected chi connectivity index (χ1v) is 6.65. The van der Waals surface area contributed by atoms with E-state index in [0.717, 1.165) is 5.56 Å². The Balaban J connectivity index is 2.20. The van der Waals surface area contributed by atoms with Crippen molar-refractivity contribution in [1.82, 2.24) is 0 Å². The van der Waals surface area contributed by atoms with Crippen molar-refractivity contribution >= 4 is 23.6 Å². The van der Waals surface area contributed by atoms with Gasteiger partial charge in [0.25, 0.3) is 5.95 Å². The van der Waals surface area contributed by atoms with Crippen molar-refractivity contribution in [3.63, 3.8) is 0 Å². The third kappa shape index (κ3) is 3.68. The highest BCUT2D eigenvalue weighted by Crippen LogP contribution is 2.29. The van der Waals surface area contributed by atoms with Crippen LogP contribution in [0.25, 0.3) is 6.08 Å². The van der Waals surface area contributed by atoms with Crippen LogP contribution in [0.5, 0.6) is 11.7 Å². The molecule has 0 aliphatic carbocycles. The highest BCUT2D eigenvalue weighted by atomic mass is 35.5. The Morgan fingerprint density at radius 1 is 1.36 bits per heavy atom. The molecule has 6 heteroatoms. The summed E-state index contributed by atoms with van der Waals surface area (Å²) in [6.07, 6.45) is 1.29. The maximum Gasteiger partial charge on any atom is 0.348 e. The van der Waals surface area contributed by atoms with Gasteiger partial charge in [0.1, 0.15) is 23.2 Å². The fourth-order valence-electron chi connectivity index (χ4n) is 1.69. The standard InChI is InChI=1S/C16H12ClNO4/c1-10-7-12(17)3-5-14(10)22-15-6-4-13(21-15)8-11(9-18)16(19)20-2/h3-8H,1-2H3/b11-8+.